The fourth-order valence-electron chi connectivity index (χ4n) is 1.89. The topological polar surface area (TPSA) is 105 Å². The standard InChI is InChI=1S/C16H27BN2O5/c1-6-7-10-18-13-9-8-12(11-14(13)19(22)23)17(21)24-16(4,5)15(2,3)20/h8-9,11,18,20-21H,6-7,10H2,1-5H3. The summed E-state index contributed by atoms with van der Waals surface area (Å²) < 4.78 is 5.52. The first kappa shape index (κ1) is 20.4. The van der Waals surface area contributed by atoms with Gasteiger partial charge >= 0.3 is 7.12 Å². The van der Waals surface area contributed by atoms with E-state index in [9.17, 15) is 20.2 Å². The Morgan fingerprint density at radius 2 is 1.96 bits per heavy atom. The SMILES string of the molecule is CCCCNc1ccc(B(O)OC(C)(C)C(C)(C)O)cc1[N+](=O)[O-]. The van der Waals surface area contributed by atoms with Crippen LogP contribution in [0, 0.1) is 10.1 Å². The lowest BCUT2D eigenvalue weighted by molar-refractivity contribution is -0.383. The summed E-state index contributed by atoms with van der Waals surface area (Å²) in [7, 11) is -1.38. The number of nitrogens with zero attached hydrogens (tertiary/aromatic N) is 1. The number of hydrogen-bond acceptors (Lipinski definition) is 6. The van der Waals surface area contributed by atoms with E-state index < -0.39 is 23.2 Å². The summed E-state index contributed by atoms with van der Waals surface area (Å²) >= 11 is 0. The van der Waals surface area contributed by atoms with Crippen LogP contribution in [0.4, 0.5) is 11.4 Å². The molecule has 1 aromatic rings. The molecule has 134 valence electrons. The van der Waals surface area contributed by atoms with Crippen LogP contribution >= 0.6 is 0 Å². The third kappa shape index (κ3) is 5.19. The fraction of sp³-hybridized carbons (Fsp3) is 0.625. The maximum Gasteiger partial charge on any atom is 0.491 e. The van der Waals surface area contributed by atoms with E-state index in [1.54, 1.807) is 39.8 Å². The third-order valence-electron chi connectivity index (χ3n) is 4.23. The van der Waals surface area contributed by atoms with Gasteiger partial charge in [-0.25, -0.2) is 0 Å². The van der Waals surface area contributed by atoms with E-state index in [2.05, 4.69) is 5.32 Å². The summed E-state index contributed by atoms with van der Waals surface area (Å²) in [5.41, 5.74) is -1.68. The van der Waals surface area contributed by atoms with Crippen molar-refractivity contribution in [1.29, 1.82) is 0 Å². The molecule has 0 amide bonds. The first-order valence-corrected chi connectivity index (χ1v) is 8.10. The van der Waals surface area contributed by atoms with Crippen molar-refractivity contribution in [1.82, 2.24) is 0 Å². The van der Waals surface area contributed by atoms with Gasteiger partial charge in [-0.1, -0.05) is 19.4 Å². The van der Waals surface area contributed by atoms with Gasteiger partial charge in [-0.15, -0.1) is 0 Å². The van der Waals surface area contributed by atoms with Crippen LogP contribution in [0.3, 0.4) is 0 Å². The van der Waals surface area contributed by atoms with Crippen molar-refractivity contribution in [2.75, 3.05) is 11.9 Å². The predicted octanol–water partition coefficient (Wildman–Crippen LogP) is 2.06. The Balaban J connectivity index is 3.00. The summed E-state index contributed by atoms with van der Waals surface area (Å²) in [6, 6.07) is 4.43. The molecule has 0 aliphatic carbocycles. The van der Waals surface area contributed by atoms with Gasteiger partial charge in [0, 0.05) is 12.6 Å². The molecule has 0 heterocycles. The van der Waals surface area contributed by atoms with Crippen LogP contribution in [0.15, 0.2) is 18.2 Å². The lowest BCUT2D eigenvalue weighted by Crippen LogP contribution is -2.53. The second-order valence-corrected chi connectivity index (χ2v) is 6.85. The second-order valence-electron chi connectivity index (χ2n) is 6.85. The van der Waals surface area contributed by atoms with Crippen LogP contribution in [0.5, 0.6) is 0 Å². The summed E-state index contributed by atoms with van der Waals surface area (Å²) in [6.45, 7) is 9.11. The molecule has 1 aromatic carbocycles. The first-order valence-electron chi connectivity index (χ1n) is 8.10. The molecule has 0 atom stereocenters. The largest absolute Gasteiger partial charge is 0.491 e. The molecule has 24 heavy (non-hydrogen) atoms. The number of nitro benzene ring substituents is 1. The van der Waals surface area contributed by atoms with Gasteiger partial charge < -0.3 is 20.1 Å². The molecule has 8 heteroatoms. The molecule has 3 N–H and O–H groups in total. The minimum Gasteiger partial charge on any atom is -0.423 e. The van der Waals surface area contributed by atoms with Gasteiger partial charge in [0.15, 0.2) is 0 Å². The molecular formula is C16H27BN2O5. The van der Waals surface area contributed by atoms with E-state index in [0.717, 1.165) is 12.8 Å². The molecule has 0 aliphatic rings. The van der Waals surface area contributed by atoms with E-state index in [1.807, 2.05) is 6.92 Å². The third-order valence-corrected chi connectivity index (χ3v) is 4.23. The number of hydrogen-bond donors (Lipinski definition) is 3. The zero-order chi connectivity index (χ0) is 18.5. The lowest BCUT2D eigenvalue weighted by Gasteiger charge is -2.38. The molecule has 7 nitrogen and oxygen atoms in total. The van der Waals surface area contributed by atoms with E-state index in [1.165, 1.54) is 6.07 Å². The number of unbranched alkanes of at least 4 members (excludes halogenated alkanes) is 1. The number of nitro groups is 1. The van der Waals surface area contributed by atoms with Gasteiger partial charge in [-0.2, -0.15) is 0 Å². The summed E-state index contributed by atoms with van der Waals surface area (Å²) in [5, 5.41) is 34.7. The van der Waals surface area contributed by atoms with Crippen molar-refractivity contribution in [3.63, 3.8) is 0 Å². The Labute approximate surface area is 143 Å². The highest BCUT2D eigenvalue weighted by Crippen LogP contribution is 2.26. The molecule has 0 unspecified atom stereocenters. The molecular weight excluding hydrogens is 311 g/mol. The predicted molar refractivity (Wildman–Crippen MR) is 95.6 cm³/mol. The number of rotatable bonds is 9. The minimum atomic E-state index is -1.38. The van der Waals surface area contributed by atoms with Crippen LogP contribution in [-0.4, -0.2) is 39.9 Å². The van der Waals surface area contributed by atoms with E-state index in [0.29, 0.717) is 12.2 Å². The number of aliphatic hydroxyl groups is 1. The average Bonchev–Trinajstić information content (AvgIpc) is 2.45. The van der Waals surface area contributed by atoms with Crippen LogP contribution < -0.4 is 10.8 Å². The van der Waals surface area contributed by atoms with Crippen molar-refractivity contribution in [2.24, 2.45) is 0 Å². The van der Waals surface area contributed by atoms with Gasteiger partial charge in [0.25, 0.3) is 5.69 Å². The Bertz CT molecular complexity index is 572. The highest BCUT2D eigenvalue weighted by molar-refractivity contribution is 6.60. The minimum absolute atomic E-state index is 0.118. The zero-order valence-corrected chi connectivity index (χ0v) is 15.0. The van der Waals surface area contributed by atoms with Crippen LogP contribution in [0.1, 0.15) is 47.5 Å². The normalized spacial score (nSPS) is 12.1. The summed E-state index contributed by atoms with van der Waals surface area (Å²) in [4.78, 5) is 10.8. The molecule has 0 saturated heterocycles. The Kier molecular flexibility index (Phi) is 6.77. The summed E-state index contributed by atoms with van der Waals surface area (Å²) in [6.07, 6.45) is 1.89. The quantitative estimate of drug-likeness (QED) is 0.275. The molecule has 0 aromatic heterocycles. The van der Waals surface area contributed by atoms with Gasteiger partial charge in [-0.3, -0.25) is 10.1 Å². The lowest BCUT2D eigenvalue weighted by atomic mass is 9.76. The Morgan fingerprint density at radius 3 is 2.46 bits per heavy atom. The van der Waals surface area contributed by atoms with Crippen molar-refractivity contribution in [2.45, 2.75) is 58.7 Å². The number of nitrogens with one attached hydrogen (secondary N) is 1. The average molecular weight is 338 g/mol. The van der Waals surface area contributed by atoms with Crippen molar-refractivity contribution in [3.05, 3.63) is 28.3 Å². The van der Waals surface area contributed by atoms with Crippen LogP contribution in [-0.2, 0) is 4.65 Å². The van der Waals surface area contributed by atoms with Gasteiger partial charge in [0.1, 0.15) is 5.69 Å². The van der Waals surface area contributed by atoms with E-state index in [4.69, 9.17) is 4.65 Å². The molecule has 0 aliphatic heterocycles. The maximum atomic E-state index is 11.3. The molecule has 1 rings (SSSR count). The number of benzene rings is 1. The van der Waals surface area contributed by atoms with Crippen LogP contribution in [0.25, 0.3) is 0 Å². The van der Waals surface area contributed by atoms with Crippen molar-refractivity contribution >= 4 is 24.0 Å². The van der Waals surface area contributed by atoms with E-state index >= 15 is 0 Å². The highest BCUT2D eigenvalue weighted by atomic mass is 16.6. The highest BCUT2D eigenvalue weighted by Gasteiger charge is 2.39. The van der Waals surface area contributed by atoms with Crippen molar-refractivity contribution in [3.8, 4) is 0 Å². The monoisotopic (exact) mass is 338 g/mol. The molecule has 0 radical (unpaired) electrons. The first-order chi connectivity index (χ1) is 11.0. The molecule has 0 saturated carbocycles. The van der Waals surface area contributed by atoms with Gasteiger partial charge in [0.2, 0.25) is 0 Å². The smallest absolute Gasteiger partial charge is 0.423 e. The molecule has 0 spiro atoms. The molecule has 0 fully saturated rings. The Morgan fingerprint density at radius 1 is 1.33 bits per heavy atom. The van der Waals surface area contributed by atoms with E-state index in [-0.39, 0.29) is 11.2 Å². The number of anilines is 1. The Hall–Kier alpha value is -1.64. The van der Waals surface area contributed by atoms with Crippen LogP contribution in [0.2, 0.25) is 0 Å². The zero-order valence-electron chi connectivity index (χ0n) is 15.0. The summed E-state index contributed by atoms with van der Waals surface area (Å²) in [5.74, 6) is 0. The molecule has 0 bridgehead atoms. The van der Waals surface area contributed by atoms with Gasteiger partial charge in [0.05, 0.1) is 16.1 Å². The fourth-order valence-corrected chi connectivity index (χ4v) is 1.89. The van der Waals surface area contributed by atoms with Gasteiger partial charge in [-0.05, 0) is 45.6 Å². The van der Waals surface area contributed by atoms with Crippen molar-refractivity contribution < 1.29 is 19.7 Å². The maximum absolute atomic E-state index is 11.3. The second kappa shape index (κ2) is 7.96.